The molecule has 16 heavy (non-hydrogen) atoms. The van der Waals surface area contributed by atoms with Crippen molar-refractivity contribution in [2.24, 2.45) is 11.3 Å². The molecule has 0 aromatic carbocycles. The Morgan fingerprint density at radius 1 is 1.19 bits per heavy atom. The normalized spacial score (nSPS) is 31.5. The Kier molecular flexibility index (Phi) is 4.92. The van der Waals surface area contributed by atoms with E-state index in [9.17, 15) is 0 Å². The molecule has 0 aromatic heterocycles. The van der Waals surface area contributed by atoms with Gasteiger partial charge in [0, 0.05) is 11.8 Å². The number of rotatable bonds is 3. The maximum Gasteiger partial charge on any atom is 0.0163 e. The number of hydrogen-bond donors (Lipinski definition) is 1. The van der Waals surface area contributed by atoms with Gasteiger partial charge in [-0.2, -0.15) is 23.5 Å². The molecule has 1 N–H and O–H groups in total. The predicted molar refractivity (Wildman–Crippen MR) is 77.6 cm³/mol. The Balaban J connectivity index is 1.68. The van der Waals surface area contributed by atoms with Crippen LogP contribution in [0.1, 0.15) is 33.1 Å². The molecule has 2 rings (SSSR count). The zero-order valence-corrected chi connectivity index (χ0v) is 12.3. The Morgan fingerprint density at radius 2 is 1.94 bits per heavy atom. The SMILES string of the molecule is CC1(C)CSCC(NCC2CCSCC2)C1. The van der Waals surface area contributed by atoms with Gasteiger partial charge in [-0.15, -0.1) is 0 Å². The van der Waals surface area contributed by atoms with Crippen molar-refractivity contribution in [2.45, 2.75) is 39.2 Å². The minimum atomic E-state index is 0.545. The van der Waals surface area contributed by atoms with Gasteiger partial charge in [0.15, 0.2) is 0 Å². The minimum Gasteiger partial charge on any atom is -0.313 e. The van der Waals surface area contributed by atoms with Crippen LogP contribution in [0.4, 0.5) is 0 Å². The van der Waals surface area contributed by atoms with E-state index < -0.39 is 0 Å². The van der Waals surface area contributed by atoms with Crippen molar-refractivity contribution in [1.29, 1.82) is 0 Å². The quantitative estimate of drug-likeness (QED) is 0.835. The second kappa shape index (κ2) is 6.01. The standard InChI is InChI=1S/C13H25NS2/c1-13(2)7-12(9-16-10-13)14-8-11-3-5-15-6-4-11/h11-12,14H,3-10H2,1-2H3. The van der Waals surface area contributed by atoms with E-state index in [-0.39, 0.29) is 0 Å². The van der Waals surface area contributed by atoms with Gasteiger partial charge in [0.2, 0.25) is 0 Å². The van der Waals surface area contributed by atoms with Crippen molar-refractivity contribution in [3.63, 3.8) is 0 Å². The molecule has 0 aromatic rings. The van der Waals surface area contributed by atoms with E-state index in [0.717, 1.165) is 12.0 Å². The van der Waals surface area contributed by atoms with Crippen LogP contribution in [-0.4, -0.2) is 35.6 Å². The summed E-state index contributed by atoms with van der Waals surface area (Å²) in [5, 5.41) is 3.82. The first kappa shape index (κ1) is 13.1. The van der Waals surface area contributed by atoms with Gasteiger partial charge in [0.25, 0.3) is 0 Å². The summed E-state index contributed by atoms with van der Waals surface area (Å²) in [6, 6.07) is 0.767. The summed E-state index contributed by atoms with van der Waals surface area (Å²) in [6.07, 6.45) is 4.23. The molecule has 2 heterocycles. The summed E-state index contributed by atoms with van der Waals surface area (Å²) in [5.41, 5.74) is 0.545. The van der Waals surface area contributed by atoms with Crippen molar-refractivity contribution in [2.75, 3.05) is 29.6 Å². The lowest BCUT2D eigenvalue weighted by atomic mass is 9.87. The largest absolute Gasteiger partial charge is 0.313 e. The third kappa shape index (κ3) is 4.15. The molecule has 1 atom stereocenters. The first-order valence-corrected chi connectivity index (χ1v) is 8.85. The van der Waals surface area contributed by atoms with E-state index in [1.54, 1.807) is 0 Å². The van der Waals surface area contributed by atoms with Crippen molar-refractivity contribution < 1.29 is 0 Å². The minimum absolute atomic E-state index is 0.545. The van der Waals surface area contributed by atoms with Gasteiger partial charge in [-0.05, 0) is 54.4 Å². The molecule has 0 amide bonds. The highest BCUT2D eigenvalue weighted by Gasteiger charge is 2.28. The van der Waals surface area contributed by atoms with E-state index in [2.05, 4.69) is 42.7 Å². The summed E-state index contributed by atoms with van der Waals surface area (Å²) in [4.78, 5) is 0. The van der Waals surface area contributed by atoms with Gasteiger partial charge >= 0.3 is 0 Å². The Morgan fingerprint density at radius 3 is 2.62 bits per heavy atom. The van der Waals surface area contributed by atoms with E-state index in [0.29, 0.717) is 5.41 Å². The summed E-state index contributed by atoms with van der Waals surface area (Å²) >= 11 is 4.26. The van der Waals surface area contributed by atoms with E-state index in [4.69, 9.17) is 0 Å². The number of thioether (sulfide) groups is 2. The van der Waals surface area contributed by atoms with Crippen LogP contribution < -0.4 is 5.32 Å². The lowest BCUT2D eigenvalue weighted by Gasteiger charge is -2.36. The summed E-state index contributed by atoms with van der Waals surface area (Å²) in [6.45, 7) is 6.08. The van der Waals surface area contributed by atoms with Crippen LogP contribution in [0.25, 0.3) is 0 Å². The molecule has 0 radical (unpaired) electrons. The number of hydrogen-bond acceptors (Lipinski definition) is 3. The van der Waals surface area contributed by atoms with Crippen LogP contribution in [0.15, 0.2) is 0 Å². The monoisotopic (exact) mass is 259 g/mol. The fourth-order valence-electron chi connectivity index (χ4n) is 2.68. The summed E-state index contributed by atoms with van der Waals surface area (Å²) in [7, 11) is 0. The van der Waals surface area contributed by atoms with Crippen molar-refractivity contribution in [3.8, 4) is 0 Å². The smallest absolute Gasteiger partial charge is 0.0163 e. The Labute approximate surface area is 109 Å². The fourth-order valence-corrected chi connectivity index (χ4v) is 5.19. The highest BCUT2D eigenvalue weighted by Crippen LogP contribution is 2.33. The fraction of sp³-hybridized carbons (Fsp3) is 1.00. The van der Waals surface area contributed by atoms with Crippen molar-refractivity contribution in [1.82, 2.24) is 5.32 Å². The zero-order valence-electron chi connectivity index (χ0n) is 10.6. The van der Waals surface area contributed by atoms with Gasteiger partial charge in [0.1, 0.15) is 0 Å². The summed E-state index contributed by atoms with van der Waals surface area (Å²) in [5.74, 6) is 6.39. The van der Waals surface area contributed by atoms with Gasteiger partial charge in [0.05, 0.1) is 0 Å². The maximum absolute atomic E-state index is 3.82. The van der Waals surface area contributed by atoms with Crippen LogP contribution in [0.5, 0.6) is 0 Å². The van der Waals surface area contributed by atoms with Crippen molar-refractivity contribution >= 4 is 23.5 Å². The second-order valence-electron chi connectivity index (χ2n) is 6.04. The molecule has 0 aliphatic carbocycles. The van der Waals surface area contributed by atoms with Gasteiger partial charge in [-0.3, -0.25) is 0 Å². The average molecular weight is 259 g/mol. The molecule has 3 heteroatoms. The topological polar surface area (TPSA) is 12.0 Å². The highest BCUT2D eigenvalue weighted by atomic mass is 32.2. The Hall–Kier alpha value is 0.660. The van der Waals surface area contributed by atoms with Crippen LogP contribution in [0.2, 0.25) is 0 Å². The maximum atomic E-state index is 3.82. The number of nitrogens with one attached hydrogen (secondary N) is 1. The van der Waals surface area contributed by atoms with Crippen molar-refractivity contribution in [3.05, 3.63) is 0 Å². The molecule has 1 nitrogen and oxygen atoms in total. The molecule has 0 spiro atoms. The molecular weight excluding hydrogens is 234 g/mol. The molecule has 2 aliphatic rings. The first-order valence-electron chi connectivity index (χ1n) is 6.55. The molecule has 2 saturated heterocycles. The van der Waals surface area contributed by atoms with Crippen LogP contribution in [-0.2, 0) is 0 Å². The zero-order chi connectivity index (χ0) is 11.4. The molecule has 0 bridgehead atoms. The highest BCUT2D eigenvalue weighted by molar-refractivity contribution is 7.99. The van der Waals surface area contributed by atoms with Gasteiger partial charge in [-0.1, -0.05) is 13.8 Å². The molecule has 0 saturated carbocycles. The molecule has 1 unspecified atom stereocenters. The second-order valence-corrected chi connectivity index (χ2v) is 8.30. The van der Waals surface area contributed by atoms with Crippen LogP contribution >= 0.6 is 23.5 Å². The molecule has 2 aliphatic heterocycles. The Bertz CT molecular complexity index is 212. The average Bonchev–Trinajstić information content (AvgIpc) is 2.27. The van der Waals surface area contributed by atoms with E-state index in [1.807, 2.05) is 0 Å². The molecular formula is C13H25NS2. The van der Waals surface area contributed by atoms with Crippen LogP contribution in [0.3, 0.4) is 0 Å². The third-order valence-electron chi connectivity index (χ3n) is 3.65. The predicted octanol–water partition coefficient (Wildman–Crippen LogP) is 3.25. The third-order valence-corrected chi connectivity index (χ3v) is 6.32. The molecule has 94 valence electrons. The summed E-state index contributed by atoms with van der Waals surface area (Å²) < 4.78 is 0. The van der Waals surface area contributed by atoms with E-state index in [1.165, 1.54) is 48.8 Å². The first-order chi connectivity index (χ1) is 7.66. The molecule has 2 fully saturated rings. The van der Waals surface area contributed by atoms with Gasteiger partial charge < -0.3 is 5.32 Å². The lowest BCUT2D eigenvalue weighted by molar-refractivity contribution is 0.303. The lowest BCUT2D eigenvalue weighted by Crippen LogP contribution is -2.42. The van der Waals surface area contributed by atoms with Crippen LogP contribution in [0, 0.1) is 11.3 Å². The van der Waals surface area contributed by atoms with Gasteiger partial charge in [-0.25, -0.2) is 0 Å². The van der Waals surface area contributed by atoms with E-state index >= 15 is 0 Å².